The maximum Gasteiger partial charge on any atom is 0.586 e. The van der Waals surface area contributed by atoms with Crippen LogP contribution in [0.5, 0.6) is 11.5 Å². The molecule has 0 atom stereocenters. The molecule has 2 aromatic heterocycles. The highest BCUT2D eigenvalue weighted by atomic mass is 35.5. The van der Waals surface area contributed by atoms with Crippen molar-refractivity contribution in [2.45, 2.75) is 32.4 Å². The van der Waals surface area contributed by atoms with E-state index in [9.17, 15) is 31.5 Å². The second-order valence-corrected chi connectivity index (χ2v) is 8.61. The molecular weight excluding hydrogens is 552 g/mol. The molecule has 3 heterocycles. The number of hydrogen-bond acceptors (Lipinski definition) is 6. The Morgan fingerprint density at radius 1 is 1.14 bits per heavy atom. The second kappa shape index (κ2) is 9.34. The number of ether oxygens (including phenoxy) is 2. The number of anilines is 1. The van der Waals surface area contributed by atoms with Gasteiger partial charge >= 0.3 is 12.5 Å². The van der Waals surface area contributed by atoms with Gasteiger partial charge < -0.3 is 20.1 Å². The van der Waals surface area contributed by atoms with Crippen LogP contribution in [0.25, 0.3) is 5.82 Å². The molecule has 16 heteroatoms. The summed E-state index contributed by atoms with van der Waals surface area (Å²) >= 11 is 12.2. The van der Waals surface area contributed by atoms with E-state index in [0.29, 0.717) is 10.7 Å². The molecule has 37 heavy (non-hydrogen) atoms. The maximum absolute atomic E-state index is 13.7. The normalized spacial score (nSPS) is 14.1. The highest BCUT2D eigenvalue weighted by molar-refractivity contribution is 6.37. The molecule has 0 bridgehead atoms. The van der Waals surface area contributed by atoms with E-state index >= 15 is 0 Å². The van der Waals surface area contributed by atoms with Crippen LogP contribution in [0.2, 0.25) is 10.0 Å². The lowest BCUT2D eigenvalue weighted by Gasteiger charge is -2.16. The number of fused-ring (bicyclic) bond motifs is 1. The first kappa shape index (κ1) is 26.4. The summed E-state index contributed by atoms with van der Waals surface area (Å²) in [7, 11) is 0. The summed E-state index contributed by atoms with van der Waals surface area (Å²) in [6, 6.07) is 3.56. The van der Waals surface area contributed by atoms with E-state index in [-0.39, 0.29) is 10.8 Å². The Morgan fingerprint density at radius 2 is 1.84 bits per heavy atom. The van der Waals surface area contributed by atoms with Crippen LogP contribution in [-0.4, -0.2) is 38.9 Å². The Bertz CT molecular complexity index is 1410. The van der Waals surface area contributed by atoms with Gasteiger partial charge in [-0.15, -0.1) is 8.78 Å². The molecule has 0 spiro atoms. The van der Waals surface area contributed by atoms with E-state index in [0.717, 1.165) is 6.07 Å². The maximum atomic E-state index is 13.7. The summed E-state index contributed by atoms with van der Waals surface area (Å²) in [5.41, 5.74) is -3.11. The number of pyridine rings is 1. The molecule has 1 aliphatic heterocycles. The number of carbonyl (C=O) groups is 2. The number of carbonyl (C=O) groups excluding carboxylic acids is 2. The molecule has 1 aromatic carbocycles. The molecule has 0 aliphatic carbocycles. The Balaban J connectivity index is 1.83. The molecule has 0 saturated carbocycles. The number of hydrogen-bond donors (Lipinski definition) is 2. The molecule has 2 amide bonds. The van der Waals surface area contributed by atoms with Crippen molar-refractivity contribution in [1.29, 1.82) is 0 Å². The summed E-state index contributed by atoms with van der Waals surface area (Å²) in [4.78, 5) is 29.9. The summed E-state index contributed by atoms with van der Waals surface area (Å²) in [6.07, 6.45) is -7.86. The molecule has 9 nitrogen and oxygen atoms in total. The third-order valence-corrected chi connectivity index (χ3v) is 5.37. The molecule has 3 aromatic rings. The molecule has 0 saturated heterocycles. The number of amides is 2. The van der Waals surface area contributed by atoms with Crippen LogP contribution in [0, 0.1) is 0 Å². The predicted molar refractivity (Wildman–Crippen MR) is 120 cm³/mol. The molecule has 0 fully saturated rings. The van der Waals surface area contributed by atoms with Gasteiger partial charge in [0.25, 0.3) is 11.8 Å². The number of halogens is 7. The van der Waals surface area contributed by atoms with Crippen molar-refractivity contribution < 1.29 is 41.0 Å². The van der Waals surface area contributed by atoms with Gasteiger partial charge in [0.15, 0.2) is 23.0 Å². The Hall–Kier alpha value is -3.65. The van der Waals surface area contributed by atoms with Gasteiger partial charge in [0.1, 0.15) is 10.7 Å². The van der Waals surface area contributed by atoms with Gasteiger partial charge in [-0.1, -0.05) is 23.2 Å². The van der Waals surface area contributed by atoms with Crippen molar-refractivity contribution in [1.82, 2.24) is 20.1 Å². The molecular formula is C21H14Cl2F5N5O4. The molecule has 0 radical (unpaired) electrons. The van der Waals surface area contributed by atoms with Gasteiger partial charge in [-0.3, -0.25) is 9.59 Å². The van der Waals surface area contributed by atoms with E-state index in [2.05, 4.69) is 30.2 Å². The summed E-state index contributed by atoms with van der Waals surface area (Å²) < 4.78 is 76.9. The molecule has 2 N–H and O–H groups in total. The predicted octanol–water partition coefficient (Wildman–Crippen LogP) is 5.30. The zero-order valence-electron chi connectivity index (χ0n) is 18.6. The van der Waals surface area contributed by atoms with Crippen LogP contribution in [0.1, 0.15) is 40.4 Å². The Morgan fingerprint density at radius 3 is 2.46 bits per heavy atom. The van der Waals surface area contributed by atoms with E-state index in [1.165, 1.54) is 18.3 Å². The summed E-state index contributed by atoms with van der Waals surface area (Å²) in [5.74, 6) is -3.70. The number of nitrogens with zero attached hydrogens (tertiary/aromatic N) is 3. The smallest absolute Gasteiger partial charge is 0.395 e. The number of rotatable bonds is 5. The SMILES string of the molecule is CC(C)NC(=O)c1cc2c(c(Cl)c1NC(=O)c1cc(C(F)(F)F)nn1-c1ncccc1Cl)OC(F)(F)O2. The summed E-state index contributed by atoms with van der Waals surface area (Å²) in [6.45, 7) is 3.21. The van der Waals surface area contributed by atoms with Crippen molar-refractivity contribution in [2.24, 2.45) is 0 Å². The molecule has 196 valence electrons. The van der Waals surface area contributed by atoms with Crippen molar-refractivity contribution in [3.63, 3.8) is 0 Å². The molecule has 0 unspecified atom stereocenters. The van der Waals surface area contributed by atoms with Crippen molar-refractivity contribution in [3.8, 4) is 17.3 Å². The number of nitrogens with one attached hydrogen (secondary N) is 2. The molecule has 1 aliphatic rings. The van der Waals surface area contributed by atoms with Gasteiger partial charge in [0, 0.05) is 18.3 Å². The largest absolute Gasteiger partial charge is 0.586 e. The number of alkyl halides is 5. The van der Waals surface area contributed by atoms with E-state index in [4.69, 9.17) is 23.2 Å². The minimum Gasteiger partial charge on any atom is -0.395 e. The van der Waals surface area contributed by atoms with Gasteiger partial charge in [-0.25, -0.2) is 9.67 Å². The first-order valence-corrected chi connectivity index (χ1v) is 11.0. The zero-order valence-corrected chi connectivity index (χ0v) is 20.1. The first-order valence-electron chi connectivity index (χ1n) is 10.2. The molecule has 4 rings (SSSR count). The Kier molecular flexibility index (Phi) is 6.67. The lowest BCUT2D eigenvalue weighted by atomic mass is 10.1. The highest BCUT2D eigenvalue weighted by Crippen LogP contribution is 2.50. The third kappa shape index (κ3) is 5.25. The fourth-order valence-electron chi connectivity index (χ4n) is 3.24. The fourth-order valence-corrected chi connectivity index (χ4v) is 3.72. The first-order chi connectivity index (χ1) is 17.2. The van der Waals surface area contributed by atoms with Crippen LogP contribution in [0.3, 0.4) is 0 Å². The van der Waals surface area contributed by atoms with Gasteiger partial charge in [-0.05, 0) is 32.0 Å². The van der Waals surface area contributed by atoms with Gasteiger partial charge in [0.05, 0.1) is 16.3 Å². The monoisotopic (exact) mass is 565 g/mol. The number of benzene rings is 1. The standard InChI is InChI=1S/C21H14Cl2F5N5O4/c1-8(2)30-18(34)9-6-12-16(37-21(27,28)36-12)14(23)15(9)31-19(35)11-7-13(20(24,25)26)32-33(11)17-10(22)4-3-5-29-17/h3-8H,1-2H3,(H,30,34)(H,31,35). The van der Waals surface area contributed by atoms with Crippen LogP contribution in [-0.2, 0) is 6.18 Å². The zero-order chi connectivity index (χ0) is 27.3. The second-order valence-electron chi connectivity index (χ2n) is 7.82. The fraction of sp³-hybridized carbons (Fsp3) is 0.238. The lowest BCUT2D eigenvalue weighted by molar-refractivity contribution is -0.286. The third-order valence-electron chi connectivity index (χ3n) is 4.71. The van der Waals surface area contributed by atoms with Crippen LogP contribution in [0.4, 0.5) is 27.6 Å². The lowest BCUT2D eigenvalue weighted by Crippen LogP contribution is -2.31. The van der Waals surface area contributed by atoms with Gasteiger partial charge in [0.2, 0.25) is 0 Å². The van der Waals surface area contributed by atoms with E-state index in [1.807, 2.05) is 0 Å². The number of aromatic nitrogens is 3. The highest BCUT2D eigenvalue weighted by Gasteiger charge is 2.46. The van der Waals surface area contributed by atoms with E-state index < -0.39 is 69.5 Å². The van der Waals surface area contributed by atoms with Crippen molar-refractivity contribution in [3.05, 3.63) is 57.5 Å². The summed E-state index contributed by atoms with van der Waals surface area (Å²) in [5, 5.41) is 7.29. The van der Waals surface area contributed by atoms with Crippen LogP contribution < -0.4 is 20.1 Å². The quantitative estimate of drug-likeness (QED) is 0.406. The van der Waals surface area contributed by atoms with Crippen LogP contribution >= 0.6 is 23.2 Å². The minimum absolute atomic E-state index is 0.131. The Labute approximate surface area is 214 Å². The van der Waals surface area contributed by atoms with E-state index in [1.54, 1.807) is 13.8 Å². The average molecular weight is 566 g/mol. The van der Waals surface area contributed by atoms with Crippen molar-refractivity contribution in [2.75, 3.05) is 5.32 Å². The van der Waals surface area contributed by atoms with Gasteiger partial charge in [-0.2, -0.15) is 18.3 Å². The van der Waals surface area contributed by atoms with Crippen LogP contribution in [0.15, 0.2) is 30.5 Å². The average Bonchev–Trinajstić information content (AvgIpc) is 3.36. The van der Waals surface area contributed by atoms with Crippen molar-refractivity contribution >= 4 is 40.7 Å². The topological polar surface area (TPSA) is 107 Å². The minimum atomic E-state index is -4.95.